The number of hydrogen-bond donors (Lipinski definition) is 3. The van der Waals surface area contributed by atoms with Crippen molar-refractivity contribution in [3.8, 4) is 0 Å². The first-order chi connectivity index (χ1) is 15.0. The maximum absolute atomic E-state index is 12.6. The van der Waals surface area contributed by atoms with Gasteiger partial charge >= 0.3 is 41.5 Å². The van der Waals surface area contributed by atoms with Crippen LogP contribution in [0.25, 0.3) is 0 Å². The third-order valence-electron chi connectivity index (χ3n) is 6.67. The normalized spacial score (nSPS) is 16.3. The quantitative estimate of drug-likeness (QED) is 0.113. The van der Waals surface area contributed by atoms with Gasteiger partial charge in [-0.15, -0.1) is 0 Å². The Labute approximate surface area is 223 Å². The first kappa shape index (κ1) is 35.0. The van der Waals surface area contributed by atoms with E-state index < -0.39 is 32.7 Å². The SMILES string of the molecule is CCCCCC(CCC)CC(C(=O)O)C(CC(CCC)CCCCC)(C(=O)O)S(=O)(=O)O.[NaH]. The second-order valence-corrected chi connectivity index (χ2v) is 11.0. The molecule has 0 radical (unpaired) electrons. The summed E-state index contributed by atoms with van der Waals surface area (Å²) in [6.45, 7) is 8.01. The molecular weight excluding hydrogens is 455 g/mol. The van der Waals surface area contributed by atoms with Gasteiger partial charge in [0.2, 0.25) is 4.75 Å². The molecule has 33 heavy (non-hydrogen) atoms. The van der Waals surface area contributed by atoms with Crippen LogP contribution in [0.2, 0.25) is 0 Å². The van der Waals surface area contributed by atoms with Gasteiger partial charge in [0.05, 0.1) is 5.92 Å². The van der Waals surface area contributed by atoms with Gasteiger partial charge in [-0.3, -0.25) is 14.1 Å². The van der Waals surface area contributed by atoms with Crippen molar-refractivity contribution in [3.05, 3.63) is 0 Å². The third-order valence-corrected chi connectivity index (χ3v) is 8.22. The molecule has 0 aromatic rings. The fraction of sp³-hybridized carbons (Fsp3) is 0.917. The van der Waals surface area contributed by atoms with Crippen LogP contribution >= 0.6 is 0 Å². The van der Waals surface area contributed by atoms with Crippen molar-refractivity contribution >= 4 is 51.6 Å². The molecule has 192 valence electrons. The number of aliphatic carboxylic acids is 2. The molecule has 9 heteroatoms. The van der Waals surface area contributed by atoms with Crippen LogP contribution in [0.3, 0.4) is 0 Å². The fourth-order valence-electron chi connectivity index (χ4n) is 4.94. The van der Waals surface area contributed by atoms with Crippen molar-refractivity contribution in [2.24, 2.45) is 17.8 Å². The molecule has 0 aromatic carbocycles. The van der Waals surface area contributed by atoms with E-state index in [9.17, 15) is 32.8 Å². The second-order valence-electron chi connectivity index (χ2n) is 9.30. The van der Waals surface area contributed by atoms with Crippen molar-refractivity contribution in [2.45, 2.75) is 122 Å². The molecule has 0 heterocycles. The Morgan fingerprint density at radius 3 is 1.58 bits per heavy atom. The Bertz CT molecular complexity index is 653. The van der Waals surface area contributed by atoms with Crippen molar-refractivity contribution in [1.29, 1.82) is 0 Å². The first-order valence-electron chi connectivity index (χ1n) is 12.4. The van der Waals surface area contributed by atoms with E-state index in [4.69, 9.17) is 0 Å². The molecule has 0 saturated heterocycles. The van der Waals surface area contributed by atoms with E-state index in [-0.39, 0.29) is 54.2 Å². The summed E-state index contributed by atoms with van der Waals surface area (Å²) >= 11 is 0. The van der Waals surface area contributed by atoms with Crippen molar-refractivity contribution in [2.75, 3.05) is 0 Å². The standard InChI is InChI=1S/C24H46O7S.Na.H/c1-5-9-11-15-19(13-7-3)17-21(22(25)26)24(23(27)28,32(29,30)31)18-20(14-8-4)16-12-10-6-2;;/h19-21H,5-18H2,1-4H3,(H,25,26)(H,27,28)(H,29,30,31);;. The summed E-state index contributed by atoms with van der Waals surface area (Å²) in [4.78, 5) is 24.8. The van der Waals surface area contributed by atoms with E-state index in [2.05, 4.69) is 6.92 Å². The summed E-state index contributed by atoms with van der Waals surface area (Å²) in [6, 6.07) is 0. The maximum atomic E-state index is 12.6. The number of carboxylic acids is 2. The van der Waals surface area contributed by atoms with Gasteiger partial charge in [-0.2, -0.15) is 8.42 Å². The molecule has 4 unspecified atom stereocenters. The number of carboxylic acid groups (broad SMARTS) is 2. The average molecular weight is 503 g/mol. The molecular formula is C24H47NaO7S. The van der Waals surface area contributed by atoms with Gasteiger partial charge in [0, 0.05) is 0 Å². The Balaban J connectivity index is 0. The monoisotopic (exact) mass is 502 g/mol. The van der Waals surface area contributed by atoms with E-state index in [1.807, 2.05) is 20.8 Å². The Morgan fingerprint density at radius 2 is 1.21 bits per heavy atom. The van der Waals surface area contributed by atoms with Crippen molar-refractivity contribution in [3.63, 3.8) is 0 Å². The molecule has 4 atom stereocenters. The van der Waals surface area contributed by atoms with Crippen LogP contribution in [0.1, 0.15) is 118 Å². The number of unbranched alkanes of at least 4 members (excludes halogenated alkanes) is 4. The van der Waals surface area contributed by atoms with Crippen LogP contribution in [0.5, 0.6) is 0 Å². The summed E-state index contributed by atoms with van der Waals surface area (Å²) in [5.41, 5.74) is 0. The topological polar surface area (TPSA) is 129 Å². The van der Waals surface area contributed by atoms with Gasteiger partial charge in [0.1, 0.15) is 0 Å². The Hall–Kier alpha value is -0.150. The molecule has 0 bridgehead atoms. The van der Waals surface area contributed by atoms with Crippen molar-refractivity contribution in [1.82, 2.24) is 0 Å². The van der Waals surface area contributed by atoms with Crippen molar-refractivity contribution < 1.29 is 32.8 Å². The third kappa shape index (κ3) is 11.4. The van der Waals surface area contributed by atoms with Crippen LogP contribution in [-0.4, -0.2) is 69.4 Å². The molecule has 0 amide bonds. The zero-order valence-corrected chi connectivity index (χ0v) is 21.3. The predicted octanol–water partition coefficient (Wildman–Crippen LogP) is 5.52. The number of rotatable bonds is 20. The molecule has 0 aliphatic carbocycles. The summed E-state index contributed by atoms with van der Waals surface area (Å²) < 4.78 is 32.7. The van der Waals surface area contributed by atoms with Gasteiger partial charge in [0.25, 0.3) is 10.1 Å². The van der Waals surface area contributed by atoms with Crippen LogP contribution in [0, 0.1) is 17.8 Å². The predicted molar refractivity (Wildman–Crippen MR) is 135 cm³/mol. The number of hydrogen-bond acceptors (Lipinski definition) is 4. The van der Waals surface area contributed by atoms with Gasteiger partial charge < -0.3 is 10.2 Å². The molecule has 0 aromatic heterocycles. The van der Waals surface area contributed by atoms with E-state index in [0.29, 0.717) is 19.3 Å². The van der Waals surface area contributed by atoms with E-state index >= 15 is 0 Å². The molecule has 0 aliphatic rings. The summed E-state index contributed by atoms with van der Waals surface area (Å²) in [6.07, 6.45) is 9.31. The van der Waals surface area contributed by atoms with Crippen LogP contribution < -0.4 is 0 Å². The molecule has 0 rings (SSSR count). The zero-order valence-electron chi connectivity index (χ0n) is 20.5. The molecule has 0 fully saturated rings. The molecule has 0 saturated carbocycles. The second kappa shape index (κ2) is 18.2. The van der Waals surface area contributed by atoms with E-state index in [1.54, 1.807) is 0 Å². The van der Waals surface area contributed by atoms with Crippen LogP contribution in [-0.2, 0) is 19.7 Å². The Kier molecular flexibility index (Phi) is 19.3. The molecule has 3 N–H and O–H groups in total. The van der Waals surface area contributed by atoms with Gasteiger partial charge in [-0.25, -0.2) is 0 Å². The van der Waals surface area contributed by atoms with Gasteiger partial charge in [-0.1, -0.05) is 105 Å². The first-order valence-corrected chi connectivity index (χ1v) is 13.9. The molecule has 7 nitrogen and oxygen atoms in total. The van der Waals surface area contributed by atoms with E-state index in [1.165, 1.54) is 0 Å². The minimum absolute atomic E-state index is 0. The summed E-state index contributed by atoms with van der Waals surface area (Å²) in [5, 5.41) is 20.1. The minimum atomic E-state index is -5.18. The fourth-order valence-corrected chi connectivity index (χ4v) is 6.16. The van der Waals surface area contributed by atoms with E-state index in [0.717, 1.165) is 57.8 Å². The van der Waals surface area contributed by atoms with Crippen LogP contribution in [0.4, 0.5) is 0 Å². The number of carbonyl (C=O) groups is 2. The van der Waals surface area contributed by atoms with Gasteiger partial charge in [-0.05, 0) is 24.7 Å². The zero-order chi connectivity index (χ0) is 24.8. The van der Waals surface area contributed by atoms with Gasteiger partial charge in [0.15, 0.2) is 0 Å². The molecule has 0 aliphatic heterocycles. The summed E-state index contributed by atoms with van der Waals surface area (Å²) in [5.74, 6) is -5.30. The Morgan fingerprint density at radius 1 is 0.758 bits per heavy atom. The molecule has 0 spiro atoms. The summed E-state index contributed by atoms with van der Waals surface area (Å²) in [7, 11) is -5.18. The average Bonchev–Trinajstić information content (AvgIpc) is 2.69. The van der Waals surface area contributed by atoms with Crippen LogP contribution in [0.15, 0.2) is 0 Å².